The van der Waals surface area contributed by atoms with Crippen LogP contribution in [0.15, 0.2) is 52.9 Å². The third kappa shape index (κ3) is 6.30. The highest BCUT2D eigenvalue weighted by atomic mass is 32.2. The van der Waals surface area contributed by atoms with Crippen LogP contribution in [-0.2, 0) is 4.79 Å². The zero-order valence-electron chi connectivity index (χ0n) is 16.0. The maximum Gasteiger partial charge on any atom is 0.257 e. The van der Waals surface area contributed by atoms with E-state index in [1.54, 1.807) is 36.4 Å². The first-order valence-electron chi connectivity index (χ1n) is 8.90. The SMILES string of the molecule is CCOc1ccc(NC(=O)CSc2nnc(NC(=O)c3ccc(C)cc3)s2)cc1. The molecule has 3 aromatic rings. The van der Waals surface area contributed by atoms with Crippen molar-refractivity contribution in [1.82, 2.24) is 10.2 Å². The molecule has 2 N–H and O–H groups in total. The predicted octanol–water partition coefficient (Wildman–Crippen LogP) is 4.23. The van der Waals surface area contributed by atoms with E-state index in [9.17, 15) is 9.59 Å². The van der Waals surface area contributed by atoms with Gasteiger partial charge in [-0.15, -0.1) is 10.2 Å². The van der Waals surface area contributed by atoms with Gasteiger partial charge in [0.15, 0.2) is 4.34 Å². The molecule has 0 saturated heterocycles. The van der Waals surface area contributed by atoms with Crippen molar-refractivity contribution in [1.29, 1.82) is 0 Å². The molecule has 0 bridgehead atoms. The maximum absolute atomic E-state index is 12.2. The van der Waals surface area contributed by atoms with Gasteiger partial charge in [-0.25, -0.2) is 0 Å². The number of nitrogens with one attached hydrogen (secondary N) is 2. The van der Waals surface area contributed by atoms with Crippen LogP contribution in [0.4, 0.5) is 10.8 Å². The number of thioether (sulfide) groups is 1. The molecule has 0 saturated carbocycles. The Labute approximate surface area is 176 Å². The second kappa shape index (κ2) is 10.0. The van der Waals surface area contributed by atoms with Crippen LogP contribution in [0.3, 0.4) is 0 Å². The molecule has 0 fully saturated rings. The summed E-state index contributed by atoms with van der Waals surface area (Å²) in [5.41, 5.74) is 2.33. The second-order valence-corrected chi connectivity index (χ2v) is 8.19. The summed E-state index contributed by atoms with van der Waals surface area (Å²) in [6, 6.07) is 14.5. The number of rotatable bonds is 8. The van der Waals surface area contributed by atoms with Gasteiger partial charge in [-0.1, -0.05) is 40.8 Å². The van der Waals surface area contributed by atoms with E-state index in [0.29, 0.717) is 27.3 Å². The minimum Gasteiger partial charge on any atom is -0.494 e. The normalized spacial score (nSPS) is 10.4. The zero-order chi connectivity index (χ0) is 20.6. The molecular weight excluding hydrogens is 408 g/mol. The summed E-state index contributed by atoms with van der Waals surface area (Å²) in [6.07, 6.45) is 0. The lowest BCUT2D eigenvalue weighted by molar-refractivity contribution is -0.113. The van der Waals surface area contributed by atoms with E-state index >= 15 is 0 Å². The van der Waals surface area contributed by atoms with Crippen molar-refractivity contribution >= 4 is 45.7 Å². The summed E-state index contributed by atoms with van der Waals surface area (Å²) in [5, 5.41) is 13.9. The van der Waals surface area contributed by atoms with Crippen molar-refractivity contribution < 1.29 is 14.3 Å². The molecular formula is C20H20N4O3S2. The number of ether oxygens (including phenoxy) is 1. The summed E-state index contributed by atoms with van der Waals surface area (Å²) in [4.78, 5) is 24.3. The van der Waals surface area contributed by atoms with Crippen LogP contribution in [0.25, 0.3) is 0 Å². The van der Waals surface area contributed by atoms with Crippen LogP contribution in [-0.4, -0.2) is 34.4 Å². The van der Waals surface area contributed by atoms with Gasteiger partial charge in [0.2, 0.25) is 11.0 Å². The van der Waals surface area contributed by atoms with Crippen LogP contribution >= 0.6 is 23.1 Å². The molecule has 2 amide bonds. The molecule has 0 aliphatic heterocycles. The van der Waals surface area contributed by atoms with Crippen molar-refractivity contribution in [3.8, 4) is 5.75 Å². The summed E-state index contributed by atoms with van der Waals surface area (Å²) in [6.45, 7) is 4.47. The second-order valence-electron chi connectivity index (χ2n) is 5.99. The molecule has 0 atom stereocenters. The van der Waals surface area contributed by atoms with Gasteiger partial charge in [0.1, 0.15) is 5.75 Å². The third-order valence-corrected chi connectivity index (χ3v) is 5.69. The predicted molar refractivity (Wildman–Crippen MR) is 116 cm³/mol. The standard InChI is InChI=1S/C20H20N4O3S2/c1-3-27-16-10-8-15(9-11-16)21-17(25)12-28-20-24-23-19(29-20)22-18(26)14-6-4-13(2)5-7-14/h4-11H,3,12H2,1-2H3,(H,21,25)(H,22,23,26). The van der Waals surface area contributed by atoms with Crippen molar-refractivity contribution in [2.45, 2.75) is 18.2 Å². The molecule has 29 heavy (non-hydrogen) atoms. The summed E-state index contributed by atoms with van der Waals surface area (Å²) < 4.78 is 5.98. The van der Waals surface area contributed by atoms with E-state index in [1.165, 1.54) is 23.1 Å². The summed E-state index contributed by atoms with van der Waals surface area (Å²) in [5.74, 6) is 0.549. The number of amides is 2. The average Bonchev–Trinajstić information content (AvgIpc) is 3.16. The lowest BCUT2D eigenvalue weighted by Crippen LogP contribution is -2.13. The molecule has 2 aromatic carbocycles. The Kier molecular flexibility index (Phi) is 7.20. The van der Waals surface area contributed by atoms with Crippen molar-refractivity contribution in [2.24, 2.45) is 0 Å². The summed E-state index contributed by atoms with van der Waals surface area (Å²) >= 11 is 2.49. The van der Waals surface area contributed by atoms with Gasteiger partial charge in [0, 0.05) is 11.3 Å². The highest BCUT2D eigenvalue weighted by Gasteiger charge is 2.12. The Hall–Kier alpha value is -2.91. The number of nitrogens with zero attached hydrogens (tertiary/aromatic N) is 2. The molecule has 0 unspecified atom stereocenters. The summed E-state index contributed by atoms with van der Waals surface area (Å²) in [7, 11) is 0. The maximum atomic E-state index is 12.2. The molecule has 1 aromatic heterocycles. The molecule has 0 aliphatic carbocycles. The number of carbonyl (C=O) groups is 2. The third-order valence-electron chi connectivity index (χ3n) is 3.72. The molecule has 9 heteroatoms. The first-order chi connectivity index (χ1) is 14.0. The fourth-order valence-electron chi connectivity index (χ4n) is 2.32. The van der Waals surface area contributed by atoms with Crippen molar-refractivity contribution in [3.05, 3.63) is 59.7 Å². The van der Waals surface area contributed by atoms with Crippen LogP contribution in [0.1, 0.15) is 22.8 Å². The largest absolute Gasteiger partial charge is 0.494 e. The molecule has 0 radical (unpaired) electrons. The van der Waals surface area contributed by atoms with Crippen LogP contribution in [0.2, 0.25) is 0 Å². The molecule has 0 aliphatic rings. The van der Waals surface area contributed by atoms with Gasteiger partial charge in [-0.3, -0.25) is 14.9 Å². The number of hydrogen-bond acceptors (Lipinski definition) is 7. The molecule has 0 spiro atoms. The number of anilines is 2. The van der Waals surface area contributed by atoms with Crippen LogP contribution < -0.4 is 15.4 Å². The lowest BCUT2D eigenvalue weighted by atomic mass is 10.1. The number of carbonyl (C=O) groups excluding carboxylic acids is 2. The zero-order valence-corrected chi connectivity index (χ0v) is 17.6. The topological polar surface area (TPSA) is 93.2 Å². The Bertz CT molecular complexity index is 972. The quantitative estimate of drug-likeness (QED) is 0.412. The minimum absolute atomic E-state index is 0.153. The number of hydrogen-bond donors (Lipinski definition) is 2. The Morgan fingerprint density at radius 2 is 1.76 bits per heavy atom. The minimum atomic E-state index is -0.244. The molecule has 1 heterocycles. The highest BCUT2D eigenvalue weighted by Crippen LogP contribution is 2.26. The number of benzene rings is 2. The molecule has 150 valence electrons. The van der Waals surface area contributed by atoms with E-state index in [-0.39, 0.29) is 17.6 Å². The van der Waals surface area contributed by atoms with E-state index < -0.39 is 0 Å². The van der Waals surface area contributed by atoms with Gasteiger partial charge in [0.05, 0.1) is 12.4 Å². The van der Waals surface area contributed by atoms with Gasteiger partial charge in [-0.2, -0.15) is 0 Å². The Morgan fingerprint density at radius 1 is 1.03 bits per heavy atom. The van der Waals surface area contributed by atoms with Crippen LogP contribution in [0, 0.1) is 6.92 Å². The number of aryl methyl sites for hydroxylation is 1. The lowest BCUT2D eigenvalue weighted by Gasteiger charge is -2.06. The smallest absolute Gasteiger partial charge is 0.257 e. The van der Waals surface area contributed by atoms with Crippen LogP contribution in [0.5, 0.6) is 5.75 Å². The van der Waals surface area contributed by atoms with E-state index in [4.69, 9.17) is 4.74 Å². The number of aromatic nitrogens is 2. The first kappa shape index (κ1) is 20.8. The van der Waals surface area contributed by atoms with E-state index in [2.05, 4.69) is 20.8 Å². The fraction of sp³-hybridized carbons (Fsp3) is 0.200. The van der Waals surface area contributed by atoms with E-state index in [1.807, 2.05) is 26.0 Å². The Morgan fingerprint density at radius 3 is 2.45 bits per heavy atom. The Balaban J connectivity index is 1.47. The van der Waals surface area contributed by atoms with Gasteiger partial charge in [0.25, 0.3) is 5.91 Å². The van der Waals surface area contributed by atoms with Gasteiger partial charge < -0.3 is 10.1 Å². The fourth-order valence-corrected chi connectivity index (χ4v) is 3.87. The molecule has 3 rings (SSSR count). The average molecular weight is 429 g/mol. The van der Waals surface area contributed by atoms with Gasteiger partial charge >= 0.3 is 0 Å². The van der Waals surface area contributed by atoms with Gasteiger partial charge in [-0.05, 0) is 50.2 Å². The monoisotopic (exact) mass is 428 g/mol. The van der Waals surface area contributed by atoms with Crippen molar-refractivity contribution in [2.75, 3.05) is 23.0 Å². The molecule has 7 nitrogen and oxygen atoms in total. The highest BCUT2D eigenvalue weighted by molar-refractivity contribution is 8.01. The van der Waals surface area contributed by atoms with Crippen molar-refractivity contribution in [3.63, 3.8) is 0 Å². The van der Waals surface area contributed by atoms with E-state index in [0.717, 1.165) is 11.3 Å². The first-order valence-corrected chi connectivity index (χ1v) is 10.7.